The summed E-state index contributed by atoms with van der Waals surface area (Å²) in [7, 11) is 0. The number of rotatable bonds is 4. The molecule has 116 valence electrons. The van der Waals surface area contributed by atoms with E-state index < -0.39 is 30.3 Å². The summed E-state index contributed by atoms with van der Waals surface area (Å²) >= 11 is 5.73. The molecule has 0 fully saturated rings. The Morgan fingerprint density at radius 2 is 1.91 bits per heavy atom. The minimum atomic E-state index is -4.55. The fourth-order valence-corrected chi connectivity index (χ4v) is 1.66. The third-order valence-corrected chi connectivity index (χ3v) is 2.70. The quantitative estimate of drug-likeness (QED) is 0.928. The first-order valence-corrected chi connectivity index (χ1v) is 6.20. The van der Waals surface area contributed by atoms with E-state index in [1.807, 2.05) is 0 Å². The second-order valence-corrected chi connectivity index (χ2v) is 4.56. The molecule has 0 unspecified atom stereocenters. The van der Waals surface area contributed by atoms with Crippen LogP contribution in [-0.4, -0.2) is 33.8 Å². The van der Waals surface area contributed by atoms with Gasteiger partial charge in [-0.2, -0.15) is 13.2 Å². The summed E-state index contributed by atoms with van der Waals surface area (Å²) in [5.41, 5.74) is -0.192. The van der Waals surface area contributed by atoms with Crippen molar-refractivity contribution in [2.45, 2.75) is 6.18 Å². The van der Waals surface area contributed by atoms with Crippen molar-refractivity contribution in [3.8, 4) is 17.1 Å². The van der Waals surface area contributed by atoms with Crippen LogP contribution in [0.1, 0.15) is 10.5 Å². The molecular weight excluding hydrogens is 325 g/mol. The van der Waals surface area contributed by atoms with E-state index in [0.29, 0.717) is 10.6 Å². The average molecular weight is 333 g/mol. The van der Waals surface area contributed by atoms with E-state index in [2.05, 4.69) is 14.7 Å². The summed E-state index contributed by atoms with van der Waals surface area (Å²) in [5.74, 6) is -1.77. The Labute approximate surface area is 127 Å². The Bertz CT molecular complexity index is 690. The van der Waals surface area contributed by atoms with Gasteiger partial charge in [0.2, 0.25) is 5.88 Å². The molecule has 0 aliphatic heterocycles. The van der Waals surface area contributed by atoms with E-state index in [-0.39, 0.29) is 5.69 Å². The molecule has 22 heavy (non-hydrogen) atoms. The molecule has 1 N–H and O–H groups in total. The highest BCUT2D eigenvalue weighted by Crippen LogP contribution is 2.28. The molecule has 0 aliphatic rings. The minimum absolute atomic E-state index is 0.110. The van der Waals surface area contributed by atoms with Crippen LogP contribution in [0.5, 0.6) is 5.88 Å². The van der Waals surface area contributed by atoms with E-state index in [1.165, 1.54) is 24.3 Å². The van der Waals surface area contributed by atoms with Crippen molar-refractivity contribution < 1.29 is 27.8 Å². The van der Waals surface area contributed by atoms with Crippen molar-refractivity contribution >= 4 is 17.6 Å². The van der Waals surface area contributed by atoms with Crippen LogP contribution in [0.3, 0.4) is 0 Å². The lowest BCUT2D eigenvalue weighted by molar-refractivity contribution is -0.154. The topological polar surface area (TPSA) is 72.3 Å². The number of carboxylic acids is 1. The molecule has 1 aromatic heterocycles. The fourth-order valence-electron chi connectivity index (χ4n) is 1.53. The van der Waals surface area contributed by atoms with Gasteiger partial charge in [-0.05, 0) is 12.1 Å². The summed E-state index contributed by atoms with van der Waals surface area (Å²) in [5, 5.41) is 9.31. The number of aromatic nitrogens is 2. The number of halogens is 4. The molecule has 1 aromatic carbocycles. The Morgan fingerprint density at radius 3 is 2.45 bits per heavy atom. The molecule has 9 heteroatoms. The van der Waals surface area contributed by atoms with Crippen molar-refractivity contribution in [2.24, 2.45) is 0 Å². The average Bonchev–Trinajstić information content (AvgIpc) is 2.45. The lowest BCUT2D eigenvalue weighted by Gasteiger charge is -2.12. The Hall–Kier alpha value is -2.35. The number of alkyl halides is 3. The zero-order valence-corrected chi connectivity index (χ0v) is 11.5. The van der Waals surface area contributed by atoms with Crippen LogP contribution >= 0.6 is 11.6 Å². The zero-order valence-electron chi connectivity index (χ0n) is 10.8. The summed E-state index contributed by atoms with van der Waals surface area (Å²) in [6, 6.07) is 5.91. The summed E-state index contributed by atoms with van der Waals surface area (Å²) in [6.45, 7) is -1.56. The van der Waals surface area contributed by atoms with E-state index >= 15 is 0 Å². The van der Waals surface area contributed by atoms with Crippen molar-refractivity contribution in [2.75, 3.05) is 6.61 Å². The van der Waals surface area contributed by atoms with Crippen LogP contribution in [-0.2, 0) is 0 Å². The van der Waals surface area contributed by atoms with Crippen LogP contribution in [0.25, 0.3) is 11.3 Å². The molecule has 0 saturated carbocycles. The van der Waals surface area contributed by atoms with Gasteiger partial charge in [-0.15, -0.1) is 0 Å². The molecule has 2 aromatic rings. The number of nitrogens with zero attached hydrogens (tertiary/aromatic N) is 2. The van der Waals surface area contributed by atoms with Gasteiger partial charge in [0.15, 0.2) is 12.3 Å². The molecule has 0 bridgehead atoms. The minimum Gasteiger partial charge on any atom is -0.476 e. The normalized spacial score (nSPS) is 11.3. The predicted octanol–water partition coefficient (Wildman–Crippen LogP) is 3.44. The van der Waals surface area contributed by atoms with Gasteiger partial charge >= 0.3 is 12.1 Å². The van der Waals surface area contributed by atoms with Crippen molar-refractivity contribution in [3.05, 3.63) is 41.2 Å². The molecule has 1 heterocycles. The maximum Gasteiger partial charge on any atom is 0.422 e. The lowest BCUT2D eigenvalue weighted by Crippen LogP contribution is -2.20. The van der Waals surface area contributed by atoms with Crippen molar-refractivity contribution in [1.29, 1.82) is 0 Å². The molecule has 0 spiro atoms. The first kappa shape index (κ1) is 16.0. The number of carboxylic acid groups (broad SMARTS) is 1. The van der Waals surface area contributed by atoms with Gasteiger partial charge < -0.3 is 9.84 Å². The van der Waals surface area contributed by atoms with Crippen LogP contribution in [0, 0.1) is 0 Å². The van der Waals surface area contributed by atoms with Crippen LogP contribution in [0.2, 0.25) is 5.02 Å². The largest absolute Gasteiger partial charge is 0.476 e. The summed E-state index contributed by atoms with van der Waals surface area (Å²) in [4.78, 5) is 18.3. The Balaban J connectivity index is 2.44. The fraction of sp³-hybridized carbons (Fsp3) is 0.154. The molecule has 0 saturated heterocycles. The third kappa shape index (κ3) is 4.08. The molecule has 2 rings (SSSR count). The number of aromatic carboxylic acids is 1. The predicted molar refractivity (Wildman–Crippen MR) is 71.0 cm³/mol. The highest BCUT2D eigenvalue weighted by Gasteiger charge is 2.29. The molecule has 0 atom stereocenters. The van der Waals surface area contributed by atoms with Crippen molar-refractivity contribution in [3.63, 3.8) is 0 Å². The van der Waals surface area contributed by atoms with Crippen LogP contribution in [0.15, 0.2) is 30.5 Å². The van der Waals surface area contributed by atoms with E-state index in [0.717, 1.165) is 6.20 Å². The van der Waals surface area contributed by atoms with Gasteiger partial charge in [0.25, 0.3) is 0 Å². The standard InChI is InChI=1S/C13H8ClF3N2O3/c14-8-3-1-7(2-4-8)10-11(22-6-13(15,16)17)18-5-9(19-10)12(20)21/h1-5H,6H2,(H,20,21). The number of carbonyl (C=O) groups is 1. The maximum atomic E-state index is 12.3. The van der Waals surface area contributed by atoms with Gasteiger partial charge in [0, 0.05) is 10.6 Å². The molecule has 0 amide bonds. The third-order valence-electron chi connectivity index (χ3n) is 2.45. The Kier molecular flexibility index (Phi) is 4.51. The highest BCUT2D eigenvalue weighted by molar-refractivity contribution is 6.30. The SMILES string of the molecule is O=C(O)c1cnc(OCC(F)(F)F)c(-c2ccc(Cl)cc2)n1. The van der Waals surface area contributed by atoms with Crippen molar-refractivity contribution in [1.82, 2.24) is 9.97 Å². The summed E-state index contributed by atoms with van der Waals surface area (Å²) in [6.07, 6.45) is -3.72. The smallest absolute Gasteiger partial charge is 0.422 e. The summed E-state index contributed by atoms with van der Waals surface area (Å²) < 4.78 is 41.3. The van der Waals surface area contributed by atoms with E-state index in [1.54, 1.807) is 0 Å². The number of ether oxygens (including phenoxy) is 1. The van der Waals surface area contributed by atoms with Gasteiger partial charge in [-0.1, -0.05) is 23.7 Å². The molecule has 5 nitrogen and oxygen atoms in total. The van der Waals surface area contributed by atoms with Gasteiger partial charge in [-0.25, -0.2) is 14.8 Å². The lowest BCUT2D eigenvalue weighted by atomic mass is 10.1. The van der Waals surface area contributed by atoms with Gasteiger partial charge in [0.1, 0.15) is 5.69 Å². The molecule has 0 radical (unpaired) electrons. The second kappa shape index (κ2) is 6.18. The zero-order chi connectivity index (χ0) is 16.3. The first-order valence-electron chi connectivity index (χ1n) is 5.82. The van der Waals surface area contributed by atoms with Crippen LogP contribution in [0.4, 0.5) is 13.2 Å². The highest BCUT2D eigenvalue weighted by atomic mass is 35.5. The maximum absolute atomic E-state index is 12.3. The molecule has 0 aliphatic carbocycles. The monoisotopic (exact) mass is 332 g/mol. The van der Waals surface area contributed by atoms with Crippen LogP contribution < -0.4 is 4.74 Å². The first-order chi connectivity index (χ1) is 10.3. The second-order valence-electron chi connectivity index (χ2n) is 4.12. The Morgan fingerprint density at radius 1 is 1.27 bits per heavy atom. The number of hydrogen-bond acceptors (Lipinski definition) is 4. The molecular formula is C13H8ClF3N2O3. The van der Waals surface area contributed by atoms with Gasteiger partial charge in [-0.3, -0.25) is 0 Å². The number of benzene rings is 1. The number of hydrogen-bond donors (Lipinski definition) is 1. The van der Waals surface area contributed by atoms with E-state index in [9.17, 15) is 18.0 Å². The van der Waals surface area contributed by atoms with Gasteiger partial charge in [0.05, 0.1) is 6.20 Å². The van der Waals surface area contributed by atoms with E-state index in [4.69, 9.17) is 16.7 Å².